The minimum Gasteiger partial charge on any atom is -0.324 e. The molecule has 3 aromatic heterocycles. The maximum absolute atomic E-state index is 12.5. The molecular weight excluding hydrogens is 400 g/mol. The van der Waals surface area contributed by atoms with Crippen molar-refractivity contribution < 1.29 is 4.79 Å². The lowest BCUT2D eigenvalue weighted by molar-refractivity contribution is 0.116. The van der Waals surface area contributed by atoms with Crippen molar-refractivity contribution in [2.24, 2.45) is 5.92 Å². The van der Waals surface area contributed by atoms with Crippen LogP contribution in [0, 0.1) is 5.92 Å². The minimum absolute atomic E-state index is 0.122. The molecule has 1 aliphatic carbocycles. The van der Waals surface area contributed by atoms with Gasteiger partial charge in [-0.2, -0.15) is 5.10 Å². The number of urea groups is 1. The summed E-state index contributed by atoms with van der Waals surface area (Å²) in [6.45, 7) is 1.70. The van der Waals surface area contributed by atoms with E-state index in [0.29, 0.717) is 24.8 Å². The van der Waals surface area contributed by atoms with Crippen molar-refractivity contribution in [1.82, 2.24) is 24.6 Å². The van der Waals surface area contributed by atoms with Crippen LogP contribution < -0.4 is 10.9 Å². The first-order chi connectivity index (χ1) is 14.7. The minimum atomic E-state index is -0.135. The van der Waals surface area contributed by atoms with Crippen molar-refractivity contribution in [3.05, 3.63) is 57.6 Å². The molecule has 1 saturated heterocycles. The summed E-state index contributed by atoms with van der Waals surface area (Å²) >= 11 is 1.59. The predicted molar refractivity (Wildman–Crippen MR) is 115 cm³/mol. The fourth-order valence-corrected chi connectivity index (χ4v) is 4.97. The molecule has 9 heteroatoms. The lowest BCUT2D eigenvalue weighted by atomic mass is 10.0. The molecule has 0 unspecified atom stereocenters. The van der Waals surface area contributed by atoms with Crippen LogP contribution in [0.5, 0.6) is 0 Å². The number of thiazole rings is 1. The molecule has 0 bridgehead atoms. The Hall–Kier alpha value is -3.07. The summed E-state index contributed by atoms with van der Waals surface area (Å²) in [5.41, 5.74) is 2.66. The van der Waals surface area contributed by atoms with Crippen molar-refractivity contribution in [3.63, 3.8) is 0 Å². The van der Waals surface area contributed by atoms with Crippen molar-refractivity contribution in [2.45, 2.75) is 32.2 Å². The number of carbonyl (C=O) groups excluding carboxylic acids is 1. The van der Waals surface area contributed by atoms with Crippen LogP contribution in [-0.4, -0.2) is 43.8 Å². The van der Waals surface area contributed by atoms with Crippen LogP contribution in [0.3, 0.4) is 0 Å². The number of rotatable bonds is 4. The van der Waals surface area contributed by atoms with E-state index in [1.54, 1.807) is 34.7 Å². The van der Waals surface area contributed by atoms with E-state index in [0.717, 1.165) is 29.8 Å². The zero-order chi connectivity index (χ0) is 20.5. The maximum Gasteiger partial charge on any atom is 0.323 e. The number of likely N-dealkylation sites (tertiary alicyclic amines) is 1. The quantitative estimate of drug-likeness (QED) is 0.698. The van der Waals surface area contributed by atoms with Gasteiger partial charge in [0.1, 0.15) is 0 Å². The normalized spacial score (nSPS) is 16.1. The third-order valence-corrected chi connectivity index (χ3v) is 6.65. The van der Waals surface area contributed by atoms with E-state index in [2.05, 4.69) is 20.4 Å². The Morgan fingerprint density at radius 2 is 1.93 bits per heavy atom. The first-order valence-corrected chi connectivity index (χ1v) is 11.0. The summed E-state index contributed by atoms with van der Waals surface area (Å²) in [5, 5.41) is 8.11. The van der Waals surface area contributed by atoms with E-state index in [9.17, 15) is 9.59 Å². The molecule has 30 heavy (non-hydrogen) atoms. The molecule has 0 aromatic carbocycles. The summed E-state index contributed by atoms with van der Waals surface area (Å²) in [6.07, 6.45) is 7.85. The fraction of sp³-hybridized carbons (Fsp3) is 0.381. The largest absolute Gasteiger partial charge is 0.324 e. The Balaban J connectivity index is 1.19. The molecule has 1 N–H and O–H groups in total. The van der Waals surface area contributed by atoms with E-state index in [1.807, 2.05) is 12.1 Å². The van der Waals surface area contributed by atoms with Crippen LogP contribution in [-0.2, 0) is 19.4 Å². The number of aryl methyl sites for hydroxylation is 2. The van der Waals surface area contributed by atoms with Gasteiger partial charge in [-0.25, -0.2) is 14.5 Å². The second-order valence-corrected chi connectivity index (χ2v) is 8.86. The van der Waals surface area contributed by atoms with Crippen LogP contribution in [0.4, 0.5) is 9.93 Å². The molecule has 1 fully saturated rings. The summed E-state index contributed by atoms with van der Waals surface area (Å²) in [6, 6.07) is 6.87. The number of nitrogens with one attached hydrogen (secondary N) is 1. The van der Waals surface area contributed by atoms with Gasteiger partial charge < -0.3 is 4.90 Å². The third-order valence-electron chi connectivity index (χ3n) is 5.58. The molecule has 0 spiro atoms. The fourth-order valence-electron chi connectivity index (χ4n) is 3.93. The molecule has 3 aromatic rings. The van der Waals surface area contributed by atoms with Gasteiger partial charge in [0.2, 0.25) is 0 Å². The molecule has 8 nitrogen and oxygen atoms in total. The van der Waals surface area contributed by atoms with E-state index in [-0.39, 0.29) is 17.5 Å². The first-order valence-electron chi connectivity index (χ1n) is 10.2. The number of carbonyl (C=O) groups is 1. The van der Waals surface area contributed by atoms with Crippen LogP contribution >= 0.6 is 11.3 Å². The summed E-state index contributed by atoms with van der Waals surface area (Å²) < 4.78 is 1.49. The van der Waals surface area contributed by atoms with Crippen LogP contribution in [0.2, 0.25) is 0 Å². The number of fused-ring (bicyclic) bond motifs is 1. The smallest absolute Gasteiger partial charge is 0.323 e. The highest BCUT2D eigenvalue weighted by Gasteiger charge is 2.32. The Morgan fingerprint density at radius 3 is 2.73 bits per heavy atom. The lowest BCUT2D eigenvalue weighted by Crippen LogP contribution is -2.53. The van der Waals surface area contributed by atoms with Crippen LogP contribution in [0.1, 0.15) is 23.4 Å². The highest BCUT2D eigenvalue weighted by atomic mass is 32.1. The van der Waals surface area contributed by atoms with Gasteiger partial charge in [0.25, 0.3) is 5.56 Å². The van der Waals surface area contributed by atoms with Gasteiger partial charge in [-0.15, -0.1) is 11.3 Å². The molecular formula is C21H22N6O2S. The van der Waals surface area contributed by atoms with Gasteiger partial charge in [0, 0.05) is 47.9 Å². The third kappa shape index (κ3) is 3.85. The Labute approximate surface area is 177 Å². The zero-order valence-electron chi connectivity index (χ0n) is 16.5. The van der Waals surface area contributed by atoms with Crippen molar-refractivity contribution in [1.29, 1.82) is 0 Å². The molecule has 4 heterocycles. The van der Waals surface area contributed by atoms with Crippen molar-refractivity contribution in [2.75, 3.05) is 18.4 Å². The Morgan fingerprint density at radius 1 is 1.13 bits per heavy atom. The Kier molecular flexibility index (Phi) is 5.04. The van der Waals surface area contributed by atoms with Gasteiger partial charge in [-0.1, -0.05) is 0 Å². The molecule has 1 aliphatic heterocycles. The van der Waals surface area contributed by atoms with Crippen molar-refractivity contribution >= 4 is 22.5 Å². The standard InChI is InChI=1S/C21H22N6O2S/c28-19-6-5-16(15-7-9-22-10-8-15)25-27(19)13-14-11-26(12-14)21(29)24-20-23-17-3-1-2-4-18(17)30-20/h5-10,14H,1-4,11-13H2,(H,23,24,29). The van der Waals surface area contributed by atoms with Crippen LogP contribution in [0.15, 0.2) is 41.5 Å². The van der Waals surface area contributed by atoms with Crippen molar-refractivity contribution in [3.8, 4) is 11.3 Å². The number of amides is 2. The number of hydrogen-bond donors (Lipinski definition) is 1. The second kappa shape index (κ2) is 7.98. The first kappa shape index (κ1) is 18.9. The predicted octanol–water partition coefficient (Wildman–Crippen LogP) is 2.80. The summed E-state index contributed by atoms with van der Waals surface area (Å²) in [7, 11) is 0. The molecule has 154 valence electrons. The summed E-state index contributed by atoms with van der Waals surface area (Å²) in [4.78, 5) is 36.4. The Bertz CT molecular complexity index is 1100. The topological polar surface area (TPSA) is 93.0 Å². The molecule has 0 radical (unpaired) electrons. The van der Waals surface area contributed by atoms with Gasteiger partial charge in [0.15, 0.2) is 5.13 Å². The molecule has 0 atom stereocenters. The average Bonchev–Trinajstić information content (AvgIpc) is 3.14. The average molecular weight is 423 g/mol. The van der Waals surface area contributed by atoms with Gasteiger partial charge in [-0.05, 0) is 43.9 Å². The molecule has 2 amide bonds. The number of anilines is 1. The monoisotopic (exact) mass is 422 g/mol. The van der Waals surface area contributed by atoms with E-state index in [1.165, 1.54) is 28.5 Å². The summed E-state index contributed by atoms with van der Waals surface area (Å²) in [5.74, 6) is 0.207. The highest BCUT2D eigenvalue weighted by Crippen LogP contribution is 2.30. The molecule has 0 saturated carbocycles. The second-order valence-electron chi connectivity index (χ2n) is 7.77. The van der Waals surface area contributed by atoms with Crippen LogP contribution in [0.25, 0.3) is 11.3 Å². The van der Waals surface area contributed by atoms with Gasteiger partial charge in [-0.3, -0.25) is 15.1 Å². The number of pyridine rings is 1. The number of hydrogen-bond acceptors (Lipinski definition) is 6. The lowest BCUT2D eigenvalue weighted by Gasteiger charge is -2.38. The SMILES string of the molecule is O=C(Nc1nc2c(s1)CCCC2)N1CC(Cn2nc(-c3ccncc3)ccc2=O)C1. The van der Waals surface area contributed by atoms with E-state index >= 15 is 0 Å². The zero-order valence-corrected chi connectivity index (χ0v) is 17.3. The molecule has 5 rings (SSSR count). The highest BCUT2D eigenvalue weighted by molar-refractivity contribution is 7.15. The van der Waals surface area contributed by atoms with Gasteiger partial charge >= 0.3 is 6.03 Å². The maximum atomic E-state index is 12.5. The number of aromatic nitrogens is 4. The van der Waals surface area contributed by atoms with E-state index < -0.39 is 0 Å². The molecule has 2 aliphatic rings. The number of nitrogens with zero attached hydrogens (tertiary/aromatic N) is 5. The van der Waals surface area contributed by atoms with Gasteiger partial charge in [0.05, 0.1) is 17.9 Å². The van der Waals surface area contributed by atoms with E-state index in [4.69, 9.17) is 0 Å².